The number of nitrogens with zero attached hydrogens (tertiary/aromatic N) is 6. The number of thioether (sulfide) groups is 1. The highest BCUT2D eigenvalue weighted by Crippen LogP contribution is 2.33. The number of amides is 7. The van der Waals surface area contributed by atoms with E-state index in [1.165, 1.54) is 0 Å². The highest BCUT2D eigenvalue weighted by Gasteiger charge is 2.42. The Morgan fingerprint density at radius 3 is 2.43 bits per heavy atom. The predicted octanol–water partition coefficient (Wildman–Crippen LogP) is 5.79. The van der Waals surface area contributed by atoms with Gasteiger partial charge in [-0.15, -0.1) is 5.10 Å². The monoisotopic (exact) mass is 842 g/mol. The fourth-order valence-electron chi connectivity index (χ4n) is 8.55. The zero-order chi connectivity index (χ0) is 42.3. The molecule has 4 saturated heterocycles. The lowest BCUT2D eigenvalue weighted by Gasteiger charge is -2.36. The number of hydrogen-bond acceptors (Lipinski definition) is 8. The van der Waals surface area contributed by atoms with Crippen LogP contribution in [0.3, 0.4) is 0 Å². The van der Waals surface area contributed by atoms with E-state index in [-0.39, 0.29) is 53.0 Å². The number of carbonyl (C=O) groups excluding carboxylic acids is 4. The minimum atomic E-state index is -0.223. The number of piperidine rings is 1. The molecule has 0 unspecified atom stereocenters. The van der Waals surface area contributed by atoms with E-state index in [4.69, 9.17) is 4.74 Å². The number of nitrogens with one attached hydrogen (secondary N) is 4. The van der Waals surface area contributed by atoms with Gasteiger partial charge in [-0.25, -0.2) is 14.4 Å². The predicted molar refractivity (Wildman–Crippen MR) is 233 cm³/mol. The molecule has 0 saturated carbocycles. The van der Waals surface area contributed by atoms with Crippen molar-refractivity contribution < 1.29 is 23.9 Å². The first kappa shape index (κ1) is 43.3. The van der Waals surface area contributed by atoms with E-state index in [9.17, 15) is 19.2 Å². The Labute approximate surface area is 358 Å². The number of carbonyl (C=O) groups is 4. The highest BCUT2D eigenvalue weighted by atomic mass is 32.2. The number of ether oxygens (including phenoxy) is 1. The third-order valence-corrected chi connectivity index (χ3v) is 13.4. The Balaban J connectivity index is 0.772. The smallest absolute Gasteiger partial charge is 0.321 e. The molecule has 5 heterocycles. The molecule has 4 aliphatic heterocycles. The van der Waals surface area contributed by atoms with Crippen LogP contribution in [0.25, 0.3) is 11.3 Å². The maximum absolute atomic E-state index is 13.2. The number of anilines is 1. The lowest BCUT2D eigenvalue weighted by Crippen LogP contribution is -2.49. The van der Waals surface area contributed by atoms with Crippen LogP contribution in [-0.4, -0.2) is 129 Å². The molecule has 15 nitrogen and oxygen atoms in total. The normalized spacial score (nSPS) is 20.9. The van der Waals surface area contributed by atoms with E-state index in [2.05, 4.69) is 59.3 Å². The van der Waals surface area contributed by atoms with Crippen molar-refractivity contribution in [3.8, 4) is 11.3 Å². The van der Waals surface area contributed by atoms with Crippen LogP contribution >= 0.6 is 11.8 Å². The summed E-state index contributed by atoms with van der Waals surface area (Å²) in [7, 11) is 0. The van der Waals surface area contributed by atoms with Crippen LogP contribution in [0, 0.1) is 10.8 Å². The third-order valence-electron chi connectivity index (χ3n) is 11.9. The van der Waals surface area contributed by atoms with Gasteiger partial charge in [0.25, 0.3) is 0 Å². The summed E-state index contributed by atoms with van der Waals surface area (Å²) < 4.78 is 8.03. The molecule has 0 spiro atoms. The number of fused-ring (bicyclic) bond motifs is 1. The summed E-state index contributed by atoms with van der Waals surface area (Å²) in [5.41, 5.74) is 3.05. The highest BCUT2D eigenvalue weighted by molar-refractivity contribution is 8.00. The fourth-order valence-corrected chi connectivity index (χ4v) is 10.1. The van der Waals surface area contributed by atoms with Crippen molar-refractivity contribution >= 4 is 41.4 Å². The van der Waals surface area contributed by atoms with E-state index >= 15 is 0 Å². The van der Waals surface area contributed by atoms with Crippen LogP contribution < -0.4 is 21.3 Å². The minimum absolute atomic E-state index is 0.0623. The van der Waals surface area contributed by atoms with Crippen LogP contribution in [0.4, 0.5) is 20.1 Å². The topological polar surface area (TPSA) is 166 Å². The van der Waals surface area contributed by atoms with E-state index in [0.29, 0.717) is 63.3 Å². The Kier molecular flexibility index (Phi) is 13.9. The maximum Gasteiger partial charge on any atom is 0.321 e. The molecule has 1 aromatic heterocycles. The summed E-state index contributed by atoms with van der Waals surface area (Å²) >= 11 is 1.91. The zero-order valence-electron chi connectivity index (χ0n) is 35.5. The number of rotatable bonds is 18. The zero-order valence-corrected chi connectivity index (χ0v) is 36.3. The summed E-state index contributed by atoms with van der Waals surface area (Å²) in [5, 5.41) is 21.4. The van der Waals surface area contributed by atoms with E-state index in [1.807, 2.05) is 91.9 Å². The average molecular weight is 843 g/mol. The molecular formula is C44H62N10O5S. The van der Waals surface area contributed by atoms with Crippen molar-refractivity contribution in [1.29, 1.82) is 0 Å². The molecule has 0 bridgehead atoms. The summed E-state index contributed by atoms with van der Waals surface area (Å²) in [4.78, 5) is 56.3. The van der Waals surface area contributed by atoms with Gasteiger partial charge >= 0.3 is 18.1 Å². The van der Waals surface area contributed by atoms with Crippen LogP contribution in [0.5, 0.6) is 0 Å². The first-order valence-corrected chi connectivity index (χ1v) is 22.5. The summed E-state index contributed by atoms with van der Waals surface area (Å²) in [6, 6.07) is 18.2. The van der Waals surface area contributed by atoms with Gasteiger partial charge < -0.3 is 40.7 Å². The molecule has 16 heteroatoms. The molecule has 7 amide bonds. The molecule has 4 aliphatic rings. The molecule has 60 heavy (non-hydrogen) atoms. The van der Waals surface area contributed by atoms with Crippen molar-refractivity contribution in [2.75, 3.05) is 57.0 Å². The second-order valence-electron chi connectivity index (χ2n) is 18.4. The van der Waals surface area contributed by atoms with Crippen LogP contribution in [0.1, 0.15) is 71.8 Å². The summed E-state index contributed by atoms with van der Waals surface area (Å²) in [6.07, 6.45) is 6.76. The SMILES string of the molecule is CC(C)(CNC(=O)CCCC[C@@H]1SC[C@@H]2NC(=O)N[C@@H]21)COCC(C)(C)Cn1cc(-c2ccc(NC(=O)N3CCC(N4CCN(Cc5ccccc5)C4=O)CC3)cc2)nn1. The van der Waals surface area contributed by atoms with Gasteiger partial charge in [-0.1, -0.05) is 81.8 Å². The van der Waals surface area contributed by atoms with Gasteiger partial charge in [-0.05, 0) is 43.4 Å². The second-order valence-corrected chi connectivity index (χ2v) is 19.6. The van der Waals surface area contributed by atoms with Gasteiger partial charge in [0.1, 0.15) is 5.69 Å². The first-order chi connectivity index (χ1) is 28.8. The largest absolute Gasteiger partial charge is 0.380 e. The first-order valence-electron chi connectivity index (χ1n) is 21.5. The molecule has 3 aromatic rings. The third kappa shape index (κ3) is 11.5. The molecule has 0 radical (unpaired) electrons. The van der Waals surface area contributed by atoms with Gasteiger partial charge in [-0.2, -0.15) is 11.8 Å². The molecular weight excluding hydrogens is 781 g/mol. The summed E-state index contributed by atoms with van der Waals surface area (Å²) in [6.45, 7) is 13.9. The fraction of sp³-hybridized carbons (Fsp3) is 0.591. The van der Waals surface area contributed by atoms with Crippen LogP contribution in [-0.2, 0) is 22.6 Å². The number of unbranched alkanes of at least 4 members (excludes halogenated alkanes) is 1. The van der Waals surface area contributed by atoms with Gasteiger partial charge in [0.2, 0.25) is 5.91 Å². The van der Waals surface area contributed by atoms with E-state index in [1.54, 1.807) is 0 Å². The average Bonchev–Trinajstić information content (AvgIpc) is 4.02. The second kappa shape index (κ2) is 19.3. The Bertz CT molecular complexity index is 1930. The van der Waals surface area contributed by atoms with E-state index < -0.39 is 0 Å². The molecule has 4 fully saturated rings. The summed E-state index contributed by atoms with van der Waals surface area (Å²) in [5.74, 6) is 1.02. The Morgan fingerprint density at radius 2 is 1.67 bits per heavy atom. The van der Waals surface area contributed by atoms with Crippen LogP contribution in [0.2, 0.25) is 0 Å². The molecule has 4 N–H and O–H groups in total. The quantitative estimate of drug-likeness (QED) is 0.0924. The molecule has 0 aliphatic carbocycles. The lowest BCUT2D eigenvalue weighted by molar-refractivity contribution is -0.121. The van der Waals surface area contributed by atoms with Gasteiger partial charge in [0.05, 0.1) is 31.5 Å². The van der Waals surface area contributed by atoms with Gasteiger partial charge in [-0.3, -0.25) is 9.48 Å². The van der Waals surface area contributed by atoms with Crippen LogP contribution in [0.15, 0.2) is 60.8 Å². The number of aromatic nitrogens is 3. The maximum atomic E-state index is 13.2. The molecule has 2 aromatic carbocycles. The van der Waals surface area contributed by atoms with Crippen molar-refractivity contribution in [2.45, 2.75) is 103 Å². The lowest BCUT2D eigenvalue weighted by atomic mass is 9.93. The van der Waals surface area contributed by atoms with Gasteiger partial charge in [0.15, 0.2) is 0 Å². The number of urea groups is 3. The standard InChI is InChI=1S/C44H62N10O5S/c1-43(2,27-45-38(55)13-9-8-12-37-39-36(26-60-37)47-40(56)48-39)29-59-30-44(3,4)28-53-25-35(49-50-53)32-14-16-33(17-15-32)46-41(57)51-20-18-34(19-21-51)54-23-22-52(42(54)58)24-31-10-6-5-7-11-31/h5-7,10-11,14-17,25,34,36-37,39H,8-9,12-13,18-24,26-30H2,1-4H3,(H,45,55)(H,46,57)(H2,47,48,56)/t36-,37-,39-/m0/s1. The number of benzene rings is 2. The molecule has 3 atom stereocenters. The van der Waals surface area contributed by atoms with Crippen molar-refractivity contribution in [3.63, 3.8) is 0 Å². The van der Waals surface area contributed by atoms with Crippen molar-refractivity contribution in [3.05, 3.63) is 66.4 Å². The Hall–Kier alpha value is -4.83. The number of likely N-dealkylation sites (tertiary alicyclic amines) is 1. The van der Waals surface area contributed by atoms with Crippen molar-refractivity contribution in [2.24, 2.45) is 10.8 Å². The molecule has 7 rings (SSSR count). The van der Waals surface area contributed by atoms with E-state index in [0.717, 1.165) is 67.8 Å². The molecule has 324 valence electrons. The Morgan fingerprint density at radius 1 is 0.917 bits per heavy atom. The van der Waals surface area contributed by atoms with Gasteiger partial charge in [0, 0.05) is 91.4 Å². The number of hydrogen-bond donors (Lipinski definition) is 4. The van der Waals surface area contributed by atoms with Crippen molar-refractivity contribution in [1.82, 2.24) is 45.6 Å². The minimum Gasteiger partial charge on any atom is -0.380 e.